The Morgan fingerprint density at radius 3 is 1.95 bits per heavy atom. The summed E-state index contributed by atoms with van der Waals surface area (Å²) < 4.78 is 79.6. The van der Waals surface area contributed by atoms with Crippen molar-refractivity contribution in [1.29, 1.82) is 0 Å². The van der Waals surface area contributed by atoms with Gasteiger partial charge in [0.1, 0.15) is 0 Å². The van der Waals surface area contributed by atoms with E-state index in [-0.39, 0.29) is 0 Å². The Morgan fingerprint density at radius 2 is 1.53 bits per heavy atom. The third kappa shape index (κ3) is 4.86. The highest BCUT2D eigenvalue weighted by Crippen LogP contribution is 2.40. The molecule has 1 aromatic carbocycles. The van der Waals surface area contributed by atoms with Gasteiger partial charge >= 0.3 is 12.7 Å². The van der Waals surface area contributed by atoms with Gasteiger partial charge in [0.05, 0.1) is 6.10 Å². The molecule has 0 aliphatic rings. The molecule has 0 aliphatic carbocycles. The molecule has 0 saturated heterocycles. The van der Waals surface area contributed by atoms with Crippen LogP contribution >= 0.6 is 0 Å². The normalized spacial score (nSPS) is 14.1. The smallest absolute Gasteiger partial charge is 0.402 e. The van der Waals surface area contributed by atoms with Gasteiger partial charge in [-0.1, -0.05) is 12.1 Å². The van der Waals surface area contributed by atoms with E-state index in [4.69, 9.17) is 0 Å². The van der Waals surface area contributed by atoms with Crippen molar-refractivity contribution in [3.8, 4) is 11.5 Å². The number of hydrogen-bond donors (Lipinski definition) is 1. The molecule has 0 aromatic heterocycles. The molecule has 0 saturated carbocycles. The van der Waals surface area contributed by atoms with Gasteiger partial charge in [0, 0.05) is 5.56 Å². The Labute approximate surface area is 103 Å². The van der Waals surface area contributed by atoms with Gasteiger partial charge < -0.3 is 14.6 Å². The average Bonchev–Trinajstić information content (AvgIpc) is 2.15. The van der Waals surface area contributed by atoms with E-state index in [9.17, 15) is 31.4 Å². The third-order valence-corrected chi connectivity index (χ3v) is 1.90. The fourth-order valence-electron chi connectivity index (χ4n) is 1.29. The van der Waals surface area contributed by atoms with Crippen molar-refractivity contribution < 1.29 is 40.9 Å². The summed E-state index contributed by atoms with van der Waals surface area (Å²) in [4.78, 5) is 0. The van der Waals surface area contributed by atoms with Crippen LogP contribution in [-0.4, -0.2) is 17.8 Å². The number of aliphatic hydroxyl groups excluding tert-OH is 1. The van der Waals surface area contributed by atoms with Gasteiger partial charge in [-0.05, 0) is 13.0 Å². The Balaban J connectivity index is 3.26. The van der Waals surface area contributed by atoms with E-state index in [1.807, 2.05) is 0 Å². The summed E-state index contributed by atoms with van der Waals surface area (Å²) in [6.45, 7) is 1.08. The fourth-order valence-corrected chi connectivity index (χ4v) is 1.29. The standard InChI is InChI=1S/C10H8F6O3/c1-5(17)6-3-2-4-7(18-9(11,12)13)8(6)19-10(14,15)16/h2-5,17H,1H3. The van der Waals surface area contributed by atoms with E-state index in [1.165, 1.54) is 0 Å². The maximum atomic E-state index is 12.2. The first-order chi connectivity index (χ1) is 8.49. The summed E-state index contributed by atoms with van der Waals surface area (Å²) in [5.74, 6) is -2.40. The van der Waals surface area contributed by atoms with Gasteiger partial charge in [-0.15, -0.1) is 26.3 Å². The maximum Gasteiger partial charge on any atom is 0.573 e. The van der Waals surface area contributed by atoms with Gasteiger partial charge in [-0.2, -0.15) is 0 Å². The van der Waals surface area contributed by atoms with Crippen molar-refractivity contribution in [3.63, 3.8) is 0 Å². The van der Waals surface area contributed by atoms with Crippen LogP contribution in [0.3, 0.4) is 0 Å². The van der Waals surface area contributed by atoms with Crippen LogP contribution in [0.2, 0.25) is 0 Å². The first kappa shape index (κ1) is 15.4. The molecule has 1 aromatic rings. The van der Waals surface area contributed by atoms with Crippen molar-refractivity contribution >= 4 is 0 Å². The molecule has 0 bridgehead atoms. The first-order valence-corrected chi connectivity index (χ1v) is 4.82. The molecule has 0 heterocycles. The van der Waals surface area contributed by atoms with E-state index in [0.29, 0.717) is 6.07 Å². The lowest BCUT2D eigenvalue weighted by atomic mass is 10.1. The minimum absolute atomic E-state index is 0.473. The third-order valence-electron chi connectivity index (χ3n) is 1.90. The number of aliphatic hydroxyl groups is 1. The Bertz CT molecular complexity index is 438. The molecule has 0 spiro atoms. The van der Waals surface area contributed by atoms with Gasteiger partial charge in [0.15, 0.2) is 11.5 Å². The van der Waals surface area contributed by atoms with Crippen molar-refractivity contribution in [2.24, 2.45) is 0 Å². The van der Waals surface area contributed by atoms with Crippen LogP contribution in [0.5, 0.6) is 11.5 Å². The Morgan fingerprint density at radius 1 is 1.00 bits per heavy atom. The summed E-state index contributed by atoms with van der Waals surface area (Å²) in [5, 5.41) is 9.24. The Hall–Kier alpha value is -1.64. The van der Waals surface area contributed by atoms with Crippen molar-refractivity contribution in [1.82, 2.24) is 0 Å². The van der Waals surface area contributed by atoms with Crippen molar-refractivity contribution in [3.05, 3.63) is 23.8 Å². The zero-order valence-electron chi connectivity index (χ0n) is 9.34. The number of rotatable bonds is 3. The number of benzene rings is 1. The highest BCUT2D eigenvalue weighted by Gasteiger charge is 2.38. The van der Waals surface area contributed by atoms with E-state index < -0.39 is 35.9 Å². The lowest BCUT2D eigenvalue weighted by Crippen LogP contribution is -2.22. The number of alkyl halides is 6. The molecule has 19 heavy (non-hydrogen) atoms. The average molecular weight is 290 g/mol. The topological polar surface area (TPSA) is 38.7 Å². The molecule has 0 aliphatic heterocycles. The predicted octanol–water partition coefficient (Wildman–Crippen LogP) is 3.54. The van der Waals surface area contributed by atoms with Crippen LogP contribution in [-0.2, 0) is 0 Å². The van der Waals surface area contributed by atoms with Gasteiger partial charge in [0.25, 0.3) is 0 Å². The van der Waals surface area contributed by atoms with Crippen LogP contribution in [0.25, 0.3) is 0 Å². The summed E-state index contributed by atoms with van der Waals surface area (Å²) >= 11 is 0. The van der Waals surface area contributed by atoms with E-state index in [1.54, 1.807) is 0 Å². The zero-order chi connectivity index (χ0) is 14.8. The summed E-state index contributed by atoms with van der Waals surface area (Å²) in [7, 11) is 0. The molecule has 1 rings (SSSR count). The number of para-hydroxylation sites is 1. The van der Waals surface area contributed by atoms with Gasteiger partial charge in [-0.25, -0.2) is 0 Å². The van der Waals surface area contributed by atoms with Crippen molar-refractivity contribution in [2.75, 3.05) is 0 Å². The monoisotopic (exact) mass is 290 g/mol. The van der Waals surface area contributed by atoms with Crippen LogP contribution in [0, 0.1) is 0 Å². The molecule has 3 nitrogen and oxygen atoms in total. The Kier molecular flexibility index (Phi) is 4.18. The number of ether oxygens (including phenoxy) is 2. The SMILES string of the molecule is CC(O)c1cccc(OC(F)(F)F)c1OC(F)(F)F. The molecular formula is C10H8F6O3. The highest BCUT2D eigenvalue weighted by atomic mass is 19.4. The van der Waals surface area contributed by atoms with Crippen LogP contribution in [0.1, 0.15) is 18.6 Å². The van der Waals surface area contributed by atoms with E-state index >= 15 is 0 Å². The summed E-state index contributed by atoms with van der Waals surface area (Å²) in [6, 6.07) is 2.65. The number of hydrogen-bond acceptors (Lipinski definition) is 3. The van der Waals surface area contributed by atoms with Gasteiger partial charge in [-0.3, -0.25) is 0 Å². The lowest BCUT2D eigenvalue weighted by molar-refractivity contribution is -0.287. The highest BCUT2D eigenvalue weighted by molar-refractivity contribution is 5.47. The van der Waals surface area contributed by atoms with Crippen molar-refractivity contribution in [2.45, 2.75) is 25.8 Å². The summed E-state index contributed by atoms with van der Waals surface area (Å²) in [5.41, 5.74) is -0.473. The second-order valence-electron chi connectivity index (χ2n) is 3.45. The molecule has 1 N–H and O–H groups in total. The predicted molar refractivity (Wildman–Crippen MR) is 50.4 cm³/mol. The second-order valence-corrected chi connectivity index (χ2v) is 3.45. The largest absolute Gasteiger partial charge is 0.573 e. The lowest BCUT2D eigenvalue weighted by Gasteiger charge is -2.19. The molecule has 9 heteroatoms. The van der Waals surface area contributed by atoms with Crippen LogP contribution in [0.15, 0.2) is 18.2 Å². The first-order valence-electron chi connectivity index (χ1n) is 4.82. The fraction of sp³-hybridized carbons (Fsp3) is 0.400. The zero-order valence-corrected chi connectivity index (χ0v) is 9.34. The molecule has 108 valence electrons. The number of halogens is 6. The molecule has 1 atom stereocenters. The minimum atomic E-state index is -5.21. The molecule has 0 amide bonds. The summed E-state index contributed by atoms with van der Waals surface area (Å²) in [6.07, 6.45) is -11.9. The molecular weight excluding hydrogens is 282 g/mol. The van der Waals surface area contributed by atoms with Gasteiger partial charge in [0.2, 0.25) is 0 Å². The van der Waals surface area contributed by atoms with E-state index in [2.05, 4.69) is 9.47 Å². The quantitative estimate of drug-likeness (QED) is 0.865. The molecule has 1 unspecified atom stereocenters. The van der Waals surface area contributed by atoms with E-state index in [0.717, 1.165) is 19.1 Å². The maximum absolute atomic E-state index is 12.2. The van der Waals surface area contributed by atoms with Crippen LogP contribution < -0.4 is 9.47 Å². The molecule has 0 radical (unpaired) electrons. The van der Waals surface area contributed by atoms with Crippen LogP contribution in [0.4, 0.5) is 26.3 Å². The minimum Gasteiger partial charge on any atom is -0.402 e. The molecule has 0 fully saturated rings. The second kappa shape index (κ2) is 5.16.